The van der Waals surface area contributed by atoms with Gasteiger partial charge < -0.3 is 14.6 Å². The van der Waals surface area contributed by atoms with Crippen molar-refractivity contribution in [3.8, 4) is 17.0 Å². The van der Waals surface area contributed by atoms with E-state index in [-0.39, 0.29) is 30.0 Å². The largest absolute Gasteiger partial charge is 0.497 e. The number of nitrogens with zero attached hydrogens (tertiary/aromatic N) is 5. The van der Waals surface area contributed by atoms with Gasteiger partial charge in [-0.2, -0.15) is 22.7 Å². The summed E-state index contributed by atoms with van der Waals surface area (Å²) in [4.78, 5) is 20.4. The molecule has 3 heterocycles. The van der Waals surface area contributed by atoms with E-state index >= 15 is 0 Å². The van der Waals surface area contributed by atoms with Gasteiger partial charge in [-0.25, -0.2) is 14.5 Å². The molecule has 4 rings (SSSR count). The van der Waals surface area contributed by atoms with E-state index < -0.39 is 23.9 Å². The maximum Gasteiger partial charge on any atom is 0.433 e. The molecule has 0 aliphatic heterocycles. The van der Waals surface area contributed by atoms with Crippen molar-refractivity contribution in [3.63, 3.8) is 0 Å². The minimum atomic E-state index is -4.73. The molecule has 1 amide bonds. The van der Waals surface area contributed by atoms with Crippen LogP contribution in [0.2, 0.25) is 0 Å². The van der Waals surface area contributed by atoms with E-state index in [2.05, 4.69) is 20.4 Å². The molecule has 0 spiro atoms. The van der Waals surface area contributed by atoms with Crippen molar-refractivity contribution in [2.45, 2.75) is 19.1 Å². The van der Waals surface area contributed by atoms with Gasteiger partial charge in [0.05, 0.1) is 19.0 Å². The molecule has 0 radical (unpaired) electrons. The Bertz CT molecular complexity index is 1280. The van der Waals surface area contributed by atoms with Gasteiger partial charge in [0.15, 0.2) is 11.3 Å². The maximum absolute atomic E-state index is 13.7. The van der Waals surface area contributed by atoms with Gasteiger partial charge in [0.25, 0.3) is 12.0 Å². The van der Waals surface area contributed by atoms with Gasteiger partial charge in [0.1, 0.15) is 11.3 Å². The van der Waals surface area contributed by atoms with E-state index in [0.29, 0.717) is 22.2 Å². The Labute approximate surface area is 184 Å². The number of carbonyl (C=O) groups excluding carboxylic acids is 1. The number of imidazole rings is 1. The number of alkyl halides is 3. The average Bonchev–Trinajstić information content (AvgIpc) is 3.41. The molecule has 3 aromatic heterocycles. The predicted molar refractivity (Wildman–Crippen MR) is 109 cm³/mol. The zero-order chi connectivity index (χ0) is 23.6. The molecule has 4 aromatic rings. The number of amides is 1. The fraction of sp³-hybridized carbons (Fsp3) is 0.238. The smallest absolute Gasteiger partial charge is 0.433 e. The molecule has 0 unspecified atom stereocenters. The minimum absolute atomic E-state index is 0.0302. The molecule has 172 valence electrons. The summed E-state index contributed by atoms with van der Waals surface area (Å²) in [5, 5.41) is 6.35. The third kappa shape index (κ3) is 4.64. The van der Waals surface area contributed by atoms with Gasteiger partial charge in [-0.3, -0.25) is 4.79 Å². The predicted octanol–water partition coefficient (Wildman–Crippen LogP) is 3.58. The Morgan fingerprint density at radius 2 is 1.97 bits per heavy atom. The molecule has 0 aliphatic rings. The third-order valence-corrected chi connectivity index (χ3v) is 4.92. The summed E-state index contributed by atoms with van der Waals surface area (Å²) >= 11 is 0. The van der Waals surface area contributed by atoms with Crippen LogP contribution in [0, 0.1) is 6.08 Å². The van der Waals surface area contributed by atoms with Gasteiger partial charge in [-0.05, 0) is 36.8 Å². The Balaban J connectivity index is 1.61. The minimum Gasteiger partial charge on any atom is -0.497 e. The lowest BCUT2D eigenvalue weighted by atomic mass is 10.1. The number of rotatable bonds is 7. The van der Waals surface area contributed by atoms with Crippen LogP contribution in [0.1, 0.15) is 22.5 Å². The third-order valence-electron chi connectivity index (χ3n) is 4.92. The standard InChI is InChI=1S/C21H18F4N6O2/c1-33-14-5-3-13(4-6-14)16-11-17(21(23,24)25)31-18(29-16)15(12-28-31)19(32)26-7-2-9-30-10-8-27-20(30)22/h3-6,8,10-12H,2,7,9H2,1H3,(H,26,32). The Hall–Kier alpha value is -3.96. The van der Waals surface area contributed by atoms with E-state index in [1.165, 1.54) is 24.1 Å². The number of benzene rings is 1. The number of methoxy groups -OCH3 is 1. The second kappa shape index (κ2) is 8.88. The van der Waals surface area contributed by atoms with Crippen molar-refractivity contribution in [2.75, 3.05) is 13.7 Å². The van der Waals surface area contributed by atoms with E-state index in [1.54, 1.807) is 24.3 Å². The summed E-state index contributed by atoms with van der Waals surface area (Å²) in [6.07, 6.45) is -1.16. The molecule has 0 saturated heterocycles. The highest BCUT2D eigenvalue weighted by atomic mass is 19.4. The summed E-state index contributed by atoms with van der Waals surface area (Å²) < 4.78 is 61.4. The van der Waals surface area contributed by atoms with E-state index in [1.807, 2.05) is 0 Å². The molecule has 0 bridgehead atoms. The summed E-state index contributed by atoms with van der Waals surface area (Å²) in [6.45, 7) is 0.442. The molecule has 0 fully saturated rings. The molecule has 0 atom stereocenters. The van der Waals surface area contributed by atoms with Gasteiger partial charge >= 0.3 is 6.18 Å². The first kappa shape index (κ1) is 22.2. The van der Waals surface area contributed by atoms with Gasteiger partial charge in [0, 0.05) is 31.0 Å². The van der Waals surface area contributed by atoms with Crippen LogP contribution in [0.15, 0.2) is 48.9 Å². The molecule has 12 heteroatoms. The fourth-order valence-electron chi connectivity index (χ4n) is 3.26. The molecule has 1 aromatic carbocycles. The van der Waals surface area contributed by atoms with E-state index in [0.717, 1.165) is 12.3 Å². The lowest BCUT2D eigenvalue weighted by Crippen LogP contribution is -2.25. The van der Waals surface area contributed by atoms with Crippen molar-refractivity contribution in [1.82, 2.24) is 29.5 Å². The maximum atomic E-state index is 13.7. The van der Waals surface area contributed by atoms with Crippen molar-refractivity contribution in [3.05, 3.63) is 66.3 Å². The quantitative estimate of drug-likeness (QED) is 0.335. The fourth-order valence-corrected chi connectivity index (χ4v) is 3.26. The zero-order valence-electron chi connectivity index (χ0n) is 17.3. The van der Waals surface area contributed by atoms with E-state index in [4.69, 9.17) is 4.74 Å². The number of aromatic nitrogens is 5. The SMILES string of the molecule is COc1ccc(-c2cc(C(F)(F)F)n3ncc(C(=O)NCCCn4ccnc4F)c3n2)cc1. The zero-order valence-corrected chi connectivity index (χ0v) is 17.3. The van der Waals surface area contributed by atoms with Crippen LogP contribution in [0.4, 0.5) is 17.6 Å². The summed E-state index contributed by atoms with van der Waals surface area (Å²) in [5.41, 5.74) is -0.951. The van der Waals surface area contributed by atoms with Crippen LogP contribution >= 0.6 is 0 Å². The lowest BCUT2D eigenvalue weighted by Gasteiger charge is -2.12. The Kier molecular flexibility index (Phi) is 5.99. The average molecular weight is 462 g/mol. The second-order valence-electron chi connectivity index (χ2n) is 7.05. The number of hydrogen-bond acceptors (Lipinski definition) is 5. The van der Waals surface area contributed by atoms with Crippen molar-refractivity contribution in [2.24, 2.45) is 0 Å². The Morgan fingerprint density at radius 1 is 1.21 bits per heavy atom. The molecule has 0 saturated carbocycles. The number of fused-ring (bicyclic) bond motifs is 1. The summed E-state index contributed by atoms with van der Waals surface area (Å²) in [5.74, 6) is -0.0977. The number of carbonyl (C=O) groups is 1. The van der Waals surface area contributed by atoms with Crippen molar-refractivity contribution >= 4 is 11.6 Å². The number of ether oxygens (including phenoxy) is 1. The molecular weight excluding hydrogens is 444 g/mol. The lowest BCUT2D eigenvalue weighted by molar-refractivity contribution is -0.142. The first-order valence-corrected chi connectivity index (χ1v) is 9.83. The van der Waals surface area contributed by atoms with Gasteiger partial charge in [0.2, 0.25) is 0 Å². The highest BCUT2D eigenvalue weighted by molar-refractivity contribution is 5.99. The number of halogens is 4. The van der Waals surface area contributed by atoms with Crippen LogP contribution in [-0.2, 0) is 12.7 Å². The molecular formula is C21H18F4N6O2. The number of aryl methyl sites for hydroxylation is 1. The first-order valence-electron chi connectivity index (χ1n) is 9.83. The van der Waals surface area contributed by atoms with Crippen LogP contribution in [-0.4, -0.2) is 43.7 Å². The molecule has 0 aliphatic carbocycles. The van der Waals surface area contributed by atoms with Crippen LogP contribution in [0.5, 0.6) is 5.75 Å². The van der Waals surface area contributed by atoms with Crippen molar-refractivity contribution in [1.29, 1.82) is 0 Å². The highest BCUT2D eigenvalue weighted by Gasteiger charge is 2.36. The molecule has 1 N–H and O–H groups in total. The van der Waals surface area contributed by atoms with Crippen molar-refractivity contribution < 1.29 is 27.1 Å². The Morgan fingerprint density at radius 3 is 2.61 bits per heavy atom. The number of nitrogens with one attached hydrogen (secondary N) is 1. The summed E-state index contributed by atoms with van der Waals surface area (Å²) in [7, 11) is 1.48. The normalized spacial score (nSPS) is 11.7. The van der Waals surface area contributed by atoms with Gasteiger partial charge in [-0.15, -0.1) is 0 Å². The second-order valence-corrected chi connectivity index (χ2v) is 7.05. The first-order chi connectivity index (χ1) is 15.8. The van der Waals surface area contributed by atoms with Crippen LogP contribution in [0.25, 0.3) is 16.9 Å². The molecule has 33 heavy (non-hydrogen) atoms. The highest BCUT2D eigenvalue weighted by Crippen LogP contribution is 2.33. The summed E-state index contributed by atoms with van der Waals surface area (Å²) in [6, 6.07) is 7.22. The monoisotopic (exact) mass is 462 g/mol. The number of hydrogen-bond donors (Lipinski definition) is 1. The van der Waals surface area contributed by atoms with Crippen LogP contribution < -0.4 is 10.1 Å². The van der Waals surface area contributed by atoms with E-state index in [9.17, 15) is 22.4 Å². The molecule has 8 nitrogen and oxygen atoms in total. The van der Waals surface area contributed by atoms with Gasteiger partial charge in [-0.1, -0.05) is 0 Å². The van der Waals surface area contributed by atoms with Crippen LogP contribution in [0.3, 0.4) is 0 Å². The topological polar surface area (TPSA) is 86.3 Å².